The highest BCUT2D eigenvalue weighted by Gasteiger charge is 2.14. The van der Waals surface area contributed by atoms with Gasteiger partial charge >= 0.3 is 5.97 Å². The number of rotatable bonds is 8. The highest BCUT2D eigenvalue weighted by Crippen LogP contribution is 2.24. The fourth-order valence-corrected chi connectivity index (χ4v) is 3.71. The van der Waals surface area contributed by atoms with Crippen LogP contribution >= 0.6 is 11.3 Å². The summed E-state index contributed by atoms with van der Waals surface area (Å²) in [6.45, 7) is 8.23. The first-order valence-corrected chi connectivity index (χ1v) is 11.3. The molecule has 0 bridgehead atoms. The topological polar surface area (TPSA) is 77.5 Å². The van der Waals surface area contributed by atoms with Gasteiger partial charge in [-0.25, -0.2) is 9.78 Å². The van der Waals surface area contributed by atoms with Crippen LogP contribution in [0.5, 0.6) is 5.75 Å². The molecule has 0 radical (unpaired) electrons. The third kappa shape index (κ3) is 6.92. The molecule has 2 aromatic carbocycles. The van der Waals surface area contributed by atoms with Crippen LogP contribution in [-0.4, -0.2) is 23.5 Å². The van der Waals surface area contributed by atoms with Crippen molar-refractivity contribution in [2.45, 2.75) is 46.1 Å². The van der Waals surface area contributed by atoms with Gasteiger partial charge in [-0.3, -0.25) is 4.79 Å². The van der Waals surface area contributed by atoms with Gasteiger partial charge < -0.3 is 14.8 Å². The van der Waals surface area contributed by atoms with Crippen LogP contribution in [-0.2, 0) is 32.8 Å². The molecule has 0 atom stereocenters. The number of hydrogen-bond donors (Lipinski definition) is 1. The summed E-state index contributed by atoms with van der Waals surface area (Å²) in [6.07, 6.45) is 0.167. The molecule has 0 spiro atoms. The summed E-state index contributed by atoms with van der Waals surface area (Å²) in [6, 6.07) is 15.3. The van der Waals surface area contributed by atoms with Gasteiger partial charge in [0.05, 0.1) is 12.1 Å². The maximum absolute atomic E-state index is 12.3. The van der Waals surface area contributed by atoms with Crippen LogP contribution in [0.25, 0.3) is 0 Å². The molecule has 0 fully saturated rings. The molecule has 3 aromatic rings. The van der Waals surface area contributed by atoms with Gasteiger partial charge in [-0.15, -0.1) is 11.3 Å². The summed E-state index contributed by atoms with van der Waals surface area (Å²) in [7, 11) is 0. The average molecular weight is 453 g/mol. The number of thiazole rings is 1. The van der Waals surface area contributed by atoms with Gasteiger partial charge in [-0.05, 0) is 41.7 Å². The zero-order valence-corrected chi connectivity index (χ0v) is 19.6. The standard InChI is InChI=1S/C25H28N2O4S/c1-17-7-5-6-8-21(17)27-22(28)13-23-26-19(16-32-23)14-31-24(29)15-30-20-11-9-18(10-12-20)25(2,3)4/h5-12,16H,13-15H2,1-4H3,(H,27,28). The van der Waals surface area contributed by atoms with Gasteiger partial charge in [0.2, 0.25) is 5.91 Å². The van der Waals surface area contributed by atoms with Crippen molar-refractivity contribution in [1.29, 1.82) is 0 Å². The quantitative estimate of drug-likeness (QED) is 0.484. The maximum Gasteiger partial charge on any atom is 0.344 e. The summed E-state index contributed by atoms with van der Waals surface area (Å²) in [5.74, 6) is 0.00498. The summed E-state index contributed by atoms with van der Waals surface area (Å²) in [5.41, 5.74) is 3.65. The lowest BCUT2D eigenvalue weighted by Gasteiger charge is -2.19. The molecule has 1 amide bonds. The molecule has 0 aliphatic heterocycles. The van der Waals surface area contributed by atoms with Crippen LogP contribution in [0.2, 0.25) is 0 Å². The fraction of sp³-hybridized carbons (Fsp3) is 0.320. The third-order valence-electron chi connectivity index (χ3n) is 4.79. The first kappa shape index (κ1) is 23.5. The summed E-state index contributed by atoms with van der Waals surface area (Å²) in [4.78, 5) is 28.6. The minimum Gasteiger partial charge on any atom is -0.482 e. The predicted octanol–water partition coefficient (Wildman–Crippen LogP) is 5.05. The van der Waals surface area contributed by atoms with E-state index in [-0.39, 0.29) is 31.0 Å². The smallest absolute Gasteiger partial charge is 0.344 e. The fourth-order valence-electron chi connectivity index (χ4n) is 2.93. The molecule has 7 heteroatoms. The van der Waals surface area contributed by atoms with Gasteiger partial charge in [0.25, 0.3) is 0 Å². The Morgan fingerprint density at radius 3 is 2.47 bits per heavy atom. The number of carbonyl (C=O) groups is 2. The number of carbonyl (C=O) groups excluding carboxylic acids is 2. The van der Waals surface area contributed by atoms with E-state index in [4.69, 9.17) is 9.47 Å². The SMILES string of the molecule is Cc1ccccc1NC(=O)Cc1nc(COC(=O)COc2ccc(C(C)(C)C)cc2)cs1. The summed E-state index contributed by atoms with van der Waals surface area (Å²) >= 11 is 1.36. The van der Waals surface area contributed by atoms with Crippen molar-refractivity contribution in [2.24, 2.45) is 0 Å². The Balaban J connectivity index is 1.42. The number of hydrogen-bond acceptors (Lipinski definition) is 6. The molecular formula is C25H28N2O4S. The van der Waals surface area contributed by atoms with E-state index in [1.807, 2.05) is 55.5 Å². The van der Waals surface area contributed by atoms with E-state index in [9.17, 15) is 9.59 Å². The van der Waals surface area contributed by atoms with Crippen LogP contribution in [0.15, 0.2) is 53.9 Å². The Labute approximate surface area is 192 Å². The van der Waals surface area contributed by atoms with E-state index >= 15 is 0 Å². The Morgan fingerprint density at radius 2 is 1.78 bits per heavy atom. The molecule has 3 rings (SSSR count). The summed E-state index contributed by atoms with van der Waals surface area (Å²) in [5, 5.41) is 5.34. The second kappa shape index (κ2) is 10.4. The highest BCUT2D eigenvalue weighted by atomic mass is 32.1. The minimum absolute atomic E-state index is 0.0427. The Bertz CT molecular complexity index is 1070. The van der Waals surface area contributed by atoms with Crippen LogP contribution in [0.1, 0.15) is 42.6 Å². The van der Waals surface area contributed by atoms with E-state index < -0.39 is 5.97 Å². The molecule has 0 saturated heterocycles. The second-order valence-corrected chi connectivity index (χ2v) is 9.44. The number of aryl methyl sites for hydroxylation is 1. The second-order valence-electron chi connectivity index (χ2n) is 8.50. The minimum atomic E-state index is -0.475. The average Bonchev–Trinajstić information content (AvgIpc) is 3.19. The normalized spacial score (nSPS) is 11.1. The molecule has 168 valence electrons. The molecule has 0 unspecified atom stereocenters. The molecule has 0 saturated carbocycles. The van der Waals surface area contributed by atoms with Gasteiger partial charge in [0, 0.05) is 11.1 Å². The van der Waals surface area contributed by atoms with Crippen molar-refractivity contribution in [3.05, 3.63) is 75.7 Å². The maximum atomic E-state index is 12.3. The first-order chi connectivity index (χ1) is 15.2. The Morgan fingerprint density at radius 1 is 1.06 bits per heavy atom. The van der Waals surface area contributed by atoms with E-state index in [0.29, 0.717) is 16.5 Å². The summed E-state index contributed by atoms with van der Waals surface area (Å²) < 4.78 is 10.7. The number of ether oxygens (including phenoxy) is 2. The monoisotopic (exact) mass is 452 g/mol. The molecule has 32 heavy (non-hydrogen) atoms. The van der Waals surface area contributed by atoms with Gasteiger partial charge in [0.1, 0.15) is 17.4 Å². The lowest BCUT2D eigenvalue weighted by Crippen LogP contribution is -2.16. The number of nitrogens with zero attached hydrogens (tertiary/aromatic N) is 1. The van der Waals surface area contributed by atoms with E-state index in [1.54, 1.807) is 5.38 Å². The van der Waals surface area contributed by atoms with E-state index in [1.165, 1.54) is 16.9 Å². The van der Waals surface area contributed by atoms with Crippen LogP contribution in [0, 0.1) is 6.92 Å². The predicted molar refractivity (Wildman–Crippen MR) is 126 cm³/mol. The molecular weight excluding hydrogens is 424 g/mol. The van der Waals surface area contributed by atoms with E-state index in [2.05, 4.69) is 31.1 Å². The molecule has 0 aliphatic rings. The third-order valence-corrected chi connectivity index (χ3v) is 5.69. The van der Waals surface area contributed by atoms with Crippen molar-refractivity contribution < 1.29 is 19.1 Å². The number of aromatic nitrogens is 1. The molecule has 0 aliphatic carbocycles. The molecule has 1 N–H and O–H groups in total. The zero-order chi connectivity index (χ0) is 23.1. The van der Waals surface area contributed by atoms with Crippen LogP contribution in [0.3, 0.4) is 0 Å². The van der Waals surface area contributed by atoms with Crippen molar-refractivity contribution in [3.63, 3.8) is 0 Å². The largest absolute Gasteiger partial charge is 0.482 e. The van der Waals surface area contributed by atoms with Crippen LogP contribution in [0.4, 0.5) is 5.69 Å². The van der Waals surface area contributed by atoms with Crippen LogP contribution < -0.4 is 10.1 Å². The highest BCUT2D eigenvalue weighted by molar-refractivity contribution is 7.09. The first-order valence-electron chi connectivity index (χ1n) is 10.4. The number of nitrogens with one attached hydrogen (secondary N) is 1. The number of para-hydroxylation sites is 1. The zero-order valence-electron chi connectivity index (χ0n) is 18.8. The molecule has 1 heterocycles. The number of benzene rings is 2. The van der Waals surface area contributed by atoms with Crippen molar-refractivity contribution >= 4 is 28.9 Å². The van der Waals surface area contributed by atoms with Crippen molar-refractivity contribution in [2.75, 3.05) is 11.9 Å². The van der Waals surface area contributed by atoms with E-state index in [0.717, 1.165) is 11.3 Å². The lowest BCUT2D eigenvalue weighted by atomic mass is 9.87. The Hall–Kier alpha value is -3.19. The van der Waals surface area contributed by atoms with Gasteiger partial charge in [-0.2, -0.15) is 0 Å². The van der Waals surface area contributed by atoms with Crippen molar-refractivity contribution in [1.82, 2.24) is 4.98 Å². The van der Waals surface area contributed by atoms with Gasteiger partial charge in [0.15, 0.2) is 6.61 Å². The van der Waals surface area contributed by atoms with Crippen molar-refractivity contribution in [3.8, 4) is 5.75 Å². The number of amides is 1. The number of esters is 1. The Kier molecular flexibility index (Phi) is 7.64. The van der Waals surface area contributed by atoms with Gasteiger partial charge in [-0.1, -0.05) is 51.1 Å². The lowest BCUT2D eigenvalue weighted by molar-refractivity contribution is -0.147. The molecule has 1 aromatic heterocycles. The molecule has 6 nitrogen and oxygen atoms in total. The number of anilines is 1.